The summed E-state index contributed by atoms with van der Waals surface area (Å²) in [5, 5.41) is 10.3. The number of nitrogens with one attached hydrogen (secondary N) is 1. The number of nitrogens with zero attached hydrogens (tertiary/aromatic N) is 5. The summed E-state index contributed by atoms with van der Waals surface area (Å²) >= 11 is 1.68. The van der Waals surface area contributed by atoms with Gasteiger partial charge >= 0.3 is 0 Å². The van der Waals surface area contributed by atoms with Gasteiger partial charge in [-0.1, -0.05) is 6.92 Å². The van der Waals surface area contributed by atoms with E-state index in [1.807, 2.05) is 0 Å². The predicted octanol–water partition coefficient (Wildman–Crippen LogP) is 1.96. The number of aryl methyl sites for hydroxylation is 3. The van der Waals surface area contributed by atoms with Crippen molar-refractivity contribution in [1.82, 2.24) is 29.5 Å². The van der Waals surface area contributed by atoms with Gasteiger partial charge in [0, 0.05) is 37.0 Å². The van der Waals surface area contributed by atoms with Gasteiger partial charge in [-0.05, 0) is 13.3 Å². The van der Waals surface area contributed by atoms with Gasteiger partial charge in [-0.2, -0.15) is 5.10 Å². The molecule has 0 amide bonds. The smallest absolute Gasteiger partial charge is 0.194 e. The van der Waals surface area contributed by atoms with Gasteiger partial charge in [-0.25, -0.2) is 14.6 Å². The maximum Gasteiger partial charge on any atom is 0.194 e. The molecule has 1 atom stereocenters. The van der Waals surface area contributed by atoms with Gasteiger partial charge in [0.15, 0.2) is 10.8 Å². The van der Waals surface area contributed by atoms with Crippen molar-refractivity contribution in [2.75, 3.05) is 0 Å². The van der Waals surface area contributed by atoms with E-state index in [1.165, 1.54) is 5.69 Å². The number of imidazole rings is 1. The summed E-state index contributed by atoms with van der Waals surface area (Å²) in [7, 11) is 0. The van der Waals surface area contributed by atoms with Crippen molar-refractivity contribution in [2.45, 2.75) is 52.2 Å². The monoisotopic (exact) mass is 316 g/mol. The maximum absolute atomic E-state index is 4.60. The summed E-state index contributed by atoms with van der Waals surface area (Å²) in [6.45, 7) is 5.94. The largest absolute Gasteiger partial charge is 0.307 e. The van der Waals surface area contributed by atoms with Crippen LogP contribution in [-0.4, -0.2) is 30.2 Å². The fraction of sp³-hybridized carbons (Fsp3) is 0.533. The van der Waals surface area contributed by atoms with E-state index in [-0.39, 0.29) is 0 Å². The van der Waals surface area contributed by atoms with Gasteiger partial charge in [0.2, 0.25) is 0 Å². The van der Waals surface area contributed by atoms with Crippen LogP contribution >= 0.6 is 11.3 Å². The molecule has 1 N–H and O–H groups in total. The zero-order valence-corrected chi connectivity index (χ0v) is 13.7. The highest BCUT2D eigenvalue weighted by Gasteiger charge is 2.21. The van der Waals surface area contributed by atoms with E-state index in [0.29, 0.717) is 6.04 Å². The van der Waals surface area contributed by atoms with E-state index in [4.69, 9.17) is 0 Å². The Morgan fingerprint density at radius 2 is 2.32 bits per heavy atom. The third-order valence-electron chi connectivity index (χ3n) is 4.34. The molecule has 1 unspecified atom stereocenters. The van der Waals surface area contributed by atoms with Crippen molar-refractivity contribution in [3.8, 4) is 0 Å². The molecule has 0 fully saturated rings. The minimum Gasteiger partial charge on any atom is -0.307 e. The molecule has 0 aromatic carbocycles. The van der Waals surface area contributed by atoms with Crippen molar-refractivity contribution in [1.29, 1.82) is 0 Å². The third kappa shape index (κ3) is 2.34. The van der Waals surface area contributed by atoms with Crippen molar-refractivity contribution in [3.63, 3.8) is 0 Å². The Bertz CT molecular complexity index is 798. The number of fused-ring (bicyclic) bond motifs is 2. The fourth-order valence-corrected chi connectivity index (χ4v) is 3.85. The van der Waals surface area contributed by atoms with Gasteiger partial charge in [-0.15, -0.1) is 11.3 Å². The SMILES string of the molecule is CCc1nc2n(n1)CC(NCc1c(C)nc3sccn13)CC2. The summed E-state index contributed by atoms with van der Waals surface area (Å²) in [6.07, 6.45) is 5.13. The lowest BCUT2D eigenvalue weighted by Crippen LogP contribution is -2.37. The number of hydrogen-bond donors (Lipinski definition) is 1. The van der Waals surface area contributed by atoms with E-state index < -0.39 is 0 Å². The van der Waals surface area contributed by atoms with Crippen molar-refractivity contribution in [2.24, 2.45) is 0 Å². The van der Waals surface area contributed by atoms with Gasteiger partial charge in [0.05, 0.1) is 17.9 Å². The van der Waals surface area contributed by atoms with Crippen LogP contribution in [0.25, 0.3) is 4.96 Å². The van der Waals surface area contributed by atoms with Crippen LogP contribution in [0, 0.1) is 6.92 Å². The molecule has 6 nitrogen and oxygen atoms in total. The summed E-state index contributed by atoms with van der Waals surface area (Å²) in [4.78, 5) is 10.2. The number of rotatable bonds is 4. The molecule has 1 aliphatic rings. The highest BCUT2D eigenvalue weighted by Crippen LogP contribution is 2.18. The molecule has 0 aliphatic carbocycles. The molecule has 116 valence electrons. The van der Waals surface area contributed by atoms with Crippen molar-refractivity contribution in [3.05, 3.63) is 34.6 Å². The minimum atomic E-state index is 0.447. The standard InChI is InChI=1S/C15H20N6S/c1-3-13-18-14-5-4-11(9-21(14)19-13)16-8-12-10(2)17-15-20(12)6-7-22-15/h6-7,11,16H,3-5,8-9H2,1-2H3. The Labute approximate surface area is 133 Å². The Balaban J connectivity index is 1.46. The average molecular weight is 316 g/mol. The molecule has 0 saturated carbocycles. The second-order valence-electron chi connectivity index (χ2n) is 5.80. The molecule has 7 heteroatoms. The molecule has 0 bridgehead atoms. The third-order valence-corrected chi connectivity index (χ3v) is 5.09. The average Bonchev–Trinajstić information content (AvgIpc) is 3.18. The molecule has 0 saturated heterocycles. The van der Waals surface area contributed by atoms with Crippen LogP contribution in [0.3, 0.4) is 0 Å². The van der Waals surface area contributed by atoms with E-state index >= 15 is 0 Å². The number of hydrogen-bond acceptors (Lipinski definition) is 5. The van der Waals surface area contributed by atoms with Crippen LogP contribution in [0.5, 0.6) is 0 Å². The van der Waals surface area contributed by atoms with Gasteiger partial charge in [0.25, 0.3) is 0 Å². The van der Waals surface area contributed by atoms with Crippen LogP contribution in [0.15, 0.2) is 11.6 Å². The van der Waals surface area contributed by atoms with Crippen molar-refractivity contribution >= 4 is 16.3 Å². The number of thiazole rings is 1. The molecule has 3 aromatic heterocycles. The van der Waals surface area contributed by atoms with Crippen LogP contribution in [0.1, 0.15) is 36.4 Å². The summed E-state index contributed by atoms with van der Waals surface area (Å²) in [6, 6.07) is 0.447. The Hall–Kier alpha value is -1.73. The highest BCUT2D eigenvalue weighted by atomic mass is 32.1. The first-order valence-corrected chi connectivity index (χ1v) is 8.69. The molecule has 0 spiro atoms. The van der Waals surface area contributed by atoms with Crippen molar-refractivity contribution < 1.29 is 0 Å². The first kappa shape index (κ1) is 13.9. The van der Waals surface area contributed by atoms with Crippen LogP contribution in [0.2, 0.25) is 0 Å². The topological polar surface area (TPSA) is 60.0 Å². The quantitative estimate of drug-likeness (QED) is 0.799. The zero-order valence-electron chi connectivity index (χ0n) is 12.9. The lowest BCUT2D eigenvalue weighted by molar-refractivity contribution is 0.356. The summed E-state index contributed by atoms with van der Waals surface area (Å²) in [5.74, 6) is 2.10. The Kier molecular flexibility index (Phi) is 3.46. The van der Waals surface area contributed by atoms with E-state index in [2.05, 4.69) is 54.9 Å². The predicted molar refractivity (Wildman–Crippen MR) is 86.2 cm³/mol. The first-order chi connectivity index (χ1) is 10.7. The van der Waals surface area contributed by atoms with E-state index in [1.54, 1.807) is 11.3 Å². The Morgan fingerprint density at radius 1 is 1.41 bits per heavy atom. The fourth-order valence-electron chi connectivity index (χ4n) is 3.07. The van der Waals surface area contributed by atoms with E-state index in [0.717, 1.165) is 54.7 Å². The Morgan fingerprint density at radius 3 is 3.18 bits per heavy atom. The van der Waals surface area contributed by atoms with Gasteiger partial charge < -0.3 is 5.32 Å². The molecule has 4 heterocycles. The van der Waals surface area contributed by atoms with Gasteiger partial charge in [-0.3, -0.25) is 4.40 Å². The second kappa shape index (κ2) is 5.48. The van der Waals surface area contributed by atoms with Crippen LogP contribution in [-0.2, 0) is 25.9 Å². The first-order valence-electron chi connectivity index (χ1n) is 7.81. The van der Waals surface area contributed by atoms with Crippen LogP contribution < -0.4 is 5.32 Å². The van der Waals surface area contributed by atoms with Gasteiger partial charge in [0.1, 0.15) is 5.82 Å². The molecule has 1 aliphatic heterocycles. The lowest BCUT2D eigenvalue weighted by atomic mass is 10.1. The zero-order chi connectivity index (χ0) is 15.1. The number of aromatic nitrogens is 5. The normalized spacial score (nSPS) is 18.0. The second-order valence-corrected chi connectivity index (χ2v) is 6.67. The molecule has 22 heavy (non-hydrogen) atoms. The van der Waals surface area contributed by atoms with Crippen LogP contribution in [0.4, 0.5) is 0 Å². The molecule has 4 rings (SSSR count). The minimum absolute atomic E-state index is 0.447. The van der Waals surface area contributed by atoms with E-state index in [9.17, 15) is 0 Å². The maximum atomic E-state index is 4.60. The lowest BCUT2D eigenvalue weighted by Gasteiger charge is -2.23. The summed E-state index contributed by atoms with van der Waals surface area (Å²) < 4.78 is 4.26. The highest BCUT2D eigenvalue weighted by molar-refractivity contribution is 7.15. The molecular formula is C15H20N6S. The molecule has 3 aromatic rings. The molecular weight excluding hydrogens is 296 g/mol. The molecule has 0 radical (unpaired) electrons. The summed E-state index contributed by atoms with van der Waals surface area (Å²) in [5.41, 5.74) is 2.37.